The molecule has 3 aromatic carbocycles. The highest BCUT2D eigenvalue weighted by molar-refractivity contribution is 6.31. The molecule has 5 rings (SSSR count). The number of rotatable bonds is 4. The number of benzene rings is 3. The maximum absolute atomic E-state index is 14.0. The molecule has 2 aliphatic rings. The Labute approximate surface area is 195 Å². The Hall–Kier alpha value is -2.46. The summed E-state index contributed by atoms with van der Waals surface area (Å²) in [5, 5.41) is 0.822. The van der Waals surface area contributed by atoms with Gasteiger partial charge in [0, 0.05) is 49.7 Å². The van der Waals surface area contributed by atoms with Gasteiger partial charge in [-0.25, -0.2) is 0 Å². The van der Waals surface area contributed by atoms with Gasteiger partial charge in [-0.2, -0.15) is 0 Å². The molecule has 0 spiro atoms. The van der Waals surface area contributed by atoms with Crippen LogP contribution in [-0.2, 0) is 18.5 Å². The van der Waals surface area contributed by atoms with Gasteiger partial charge in [-0.1, -0.05) is 83.4 Å². The van der Waals surface area contributed by atoms with Crippen molar-refractivity contribution in [2.45, 2.75) is 32.4 Å². The minimum atomic E-state index is -0.614. The number of fused-ring (bicyclic) bond motifs is 1. The number of piperazine rings is 1. The largest absolute Gasteiger partial charge is 0.296 e. The number of aryl methyl sites for hydroxylation is 2. The third-order valence-corrected chi connectivity index (χ3v) is 7.42. The van der Waals surface area contributed by atoms with E-state index in [4.69, 9.17) is 11.6 Å². The molecular formula is C28H29ClN2O. The summed E-state index contributed by atoms with van der Waals surface area (Å²) >= 11 is 6.40. The molecule has 0 radical (unpaired) electrons. The van der Waals surface area contributed by atoms with Crippen LogP contribution in [0.25, 0.3) is 0 Å². The Kier molecular flexibility index (Phi) is 5.66. The minimum absolute atomic E-state index is 0.248. The Morgan fingerprint density at radius 1 is 0.875 bits per heavy atom. The van der Waals surface area contributed by atoms with Gasteiger partial charge in [0.2, 0.25) is 0 Å². The lowest BCUT2D eigenvalue weighted by Gasteiger charge is -2.45. The van der Waals surface area contributed by atoms with E-state index in [2.05, 4.69) is 54.0 Å². The Balaban J connectivity index is 1.45. The van der Waals surface area contributed by atoms with Gasteiger partial charge < -0.3 is 0 Å². The molecule has 0 N–H and O–H groups in total. The van der Waals surface area contributed by atoms with Crippen molar-refractivity contribution >= 4 is 17.4 Å². The summed E-state index contributed by atoms with van der Waals surface area (Å²) in [6.07, 6.45) is 0.745. The highest BCUT2D eigenvalue weighted by atomic mass is 35.5. The van der Waals surface area contributed by atoms with E-state index in [1.54, 1.807) is 0 Å². The van der Waals surface area contributed by atoms with Crippen molar-refractivity contribution < 1.29 is 4.79 Å². The van der Waals surface area contributed by atoms with Crippen molar-refractivity contribution in [3.05, 3.63) is 105 Å². The molecule has 32 heavy (non-hydrogen) atoms. The van der Waals surface area contributed by atoms with E-state index >= 15 is 0 Å². The van der Waals surface area contributed by atoms with Gasteiger partial charge in [0.15, 0.2) is 5.78 Å². The topological polar surface area (TPSA) is 23.6 Å². The quantitative estimate of drug-likeness (QED) is 0.537. The molecule has 1 atom stereocenters. The number of hydrogen-bond acceptors (Lipinski definition) is 3. The van der Waals surface area contributed by atoms with Crippen molar-refractivity contribution in [3.63, 3.8) is 0 Å². The zero-order valence-corrected chi connectivity index (χ0v) is 19.5. The molecule has 0 aromatic heterocycles. The molecule has 1 unspecified atom stereocenters. The SMILES string of the molecule is Cc1cc(C)cc(C2(N3CCN(Cc4ccccc4Cl)CC3)Cc3ccccc3C2=O)c1. The van der Waals surface area contributed by atoms with Crippen LogP contribution in [0.15, 0.2) is 66.7 Å². The minimum Gasteiger partial charge on any atom is -0.296 e. The maximum Gasteiger partial charge on any atom is 0.188 e. The van der Waals surface area contributed by atoms with Crippen LogP contribution in [0.3, 0.4) is 0 Å². The summed E-state index contributed by atoms with van der Waals surface area (Å²) in [6.45, 7) is 8.64. The summed E-state index contributed by atoms with van der Waals surface area (Å²) < 4.78 is 0. The molecule has 164 valence electrons. The average Bonchev–Trinajstić information content (AvgIpc) is 3.09. The zero-order valence-electron chi connectivity index (χ0n) is 18.8. The van der Waals surface area contributed by atoms with E-state index in [0.717, 1.165) is 66.4 Å². The first-order valence-electron chi connectivity index (χ1n) is 11.4. The van der Waals surface area contributed by atoms with Crippen LogP contribution in [0.2, 0.25) is 5.02 Å². The normalized spacial score (nSPS) is 21.7. The molecule has 1 fully saturated rings. The van der Waals surface area contributed by atoms with Gasteiger partial charge >= 0.3 is 0 Å². The third kappa shape index (κ3) is 3.69. The first kappa shape index (κ1) is 21.4. The van der Waals surface area contributed by atoms with Gasteiger partial charge in [-0.15, -0.1) is 0 Å². The molecule has 4 heteroatoms. The first-order valence-corrected chi connectivity index (χ1v) is 11.8. The zero-order chi connectivity index (χ0) is 22.3. The van der Waals surface area contributed by atoms with Crippen LogP contribution in [0.1, 0.15) is 38.2 Å². The molecule has 1 heterocycles. The van der Waals surface area contributed by atoms with E-state index in [0.29, 0.717) is 0 Å². The van der Waals surface area contributed by atoms with Crippen LogP contribution < -0.4 is 0 Å². The summed E-state index contributed by atoms with van der Waals surface area (Å²) in [4.78, 5) is 18.9. The molecule has 0 saturated carbocycles. The fourth-order valence-electron chi connectivity index (χ4n) is 5.51. The molecule has 0 amide bonds. The van der Waals surface area contributed by atoms with Crippen LogP contribution >= 0.6 is 11.6 Å². The van der Waals surface area contributed by atoms with Crippen molar-refractivity contribution in [1.29, 1.82) is 0 Å². The van der Waals surface area contributed by atoms with Crippen LogP contribution in [0.5, 0.6) is 0 Å². The van der Waals surface area contributed by atoms with Gasteiger partial charge in [0.25, 0.3) is 0 Å². The molecule has 1 saturated heterocycles. The second-order valence-corrected chi connectivity index (χ2v) is 9.66. The fourth-order valence-corrected chi connectivity index (χ4v) is 5.71. The molecule has 3 aromatic rings. The summed E-state index contributed by atoms with van der Waals surface area (Å²) in [6, 6.07) is 22.8. The van der Waals surface area contributed by atoms with E-state index in [9.17, 15) is 4.79 Å². The van der Waals surface area contributed by atoms with Crippen molar-refractivity contribution in [2.24, 2.45) is 0 Å². The molecule has 0 bridgehead atoms. The van der Waals surface area contributed by atoms with Gasteiger partial charge in [-0.05, 0) is 36.6 Å². The molecular weight excluding hydrogens is 416 g/mol. The number of ketones is 1. The molecule has 1 aliphatic heterocycles. The van der Waals surface area contributed by atoms with E-state index in [1.807, 2.05) is 36.4 Å². The van der Waals surface area contributed by atoms with E-state index < -0.39 is 5.54 Å². The smallest absolute Gasteiger partial charge is 0.188 e. The highest BCUT2D eigenvalue weighted by Crippen LogP contribution is 2.43. The van der Waals surface area contributed by atoms with Crippen molar-refractivity contribution in [2.75, 3.05) is 26.2 Å². The molecule has 3 nitrogen and oxygen atoms in total. The number of hydrogen-bond donors (Lipinski definition) is 0. The number of Topliss-reactive ketones (excluding diaryl/α,β-unsaturated/α-hetero) is 1. The van der Waals surface area contributed by atoms with Gasteiger partial charge in [0.05, 0.1) is 0 Å². The predicted molar refractivity (Wildman–Crippen MR) is 130 cm³/mol. The van der Waals surface area contributed by atoms with Crippen molar-refractivity contribution in [1.82, 2.24) is 9.80 Å². The predicted octanol–water partition coefficient (Wildman–Crippen LogP) is 5.41. The molecule has 1 aliphatic carbocycles. The summed E-state index contributed by atoms with van der Waals surface area (Å²) in [5.41, 5.74) is 6.14. The van der Waals surface area contributed by atoms with Crippen LogP contribution in [0, 0.1) is 13.8 Å². The third-order valence-electron chi connectivity index (χ3n) is 7.05. The van der Waals surface area contributed by atoms with Gasteiger partial charge in [0.1, 0.15) is 5.54 Å². The lowest BCUT2D eigenvalue weighted by atomic mass is 9.82. The Morgan fingerprint density at radius 3 is 2.22 bits per heavy atom. The Bertz CT molecular complexity index is 1150. The van der Waals surface area contributed by atoms with Crippen LogP contribution in [-0.4, -0.2) is 41.8 Å². The average molecular weight is 445 g/mol. The van der Waals surface area contributed by atoms with E-state index in [1.165, 1.54) is 11.1 Å². The highest BCUT2D eigenvalue weighted by Gasteiger charge is 2.51. The number of carbonyl (C=O) groups is 1. The fraction of sp³-hybridized carbons (Fsp3) is 0.321. The Morgan fingerprint density at radius 2 is 1.53 bits per heavy atom. The second kappa shape index (κ2) is 8.47. The standard InChI is InChI=1S/C28H29ClN2O/c1-20-15-21(2)17-24(16-20)28(18-22-7-3-5-9-25(22)27(28)32)31-13-11-30(12-14-31)19-23-8-4-6-10-26(23)29/h3-10,15-17H,11-14,18-19H2,1-2H3. The summed E-state index contributed by atoms with van der Waals surface area (Å²) in [7, 11) is 0. The van der Waals surface area contributed by atoms with E-state index in [-0.39, 0.29) is 5.78 Å². The maximum atomic E-state index is 14.0. The second-order valence-electron chi connectivity index (χ2n) is 9.25. The monoisotopic (exact) mass is 444 g/mol. The summed E-state index contributed by atoms with van der Waals surface area (Å²) in [5.74, 6) is 0.248. The first-order chi connectivity index (χ1) is 15.5. The lowest BCUT2D eigenvalue weighted by molar-refractivity contribution is 0.0288. The number of halogens is 1. The van der Waals surface area contributed by atoms with Crippen molar-refractivity contribution in [3.8, 4) is 0 Å². The number of nitrogens with zero attached hydrogens (tertiary/aromatic N) is 2. The van der Waals surface area contributed by atoms with Gasteiger partial charge in [-0.3, -0.25) is 14.6 Å². The lowest BCUT2D eigenvalue weighted by Crippen LogP contribution is -2.58. The van der Waals surface area contributed by atoms with Crippen LogP contribution in [0.4, 0.5) is 0 Å². The number of carbonyl (C=O) groups excluding carboxylic acids is 1.